The summed E-state index contributed by atoms with van der Waals surface area (Å²) < 4.78 is 85.2. The maximum Gasteiger partial charge on any atom is 0.437 e. The topological polar surface area (TPSA) is 26.3 Å². The van der Waals surface area contributed by atoms with E-state index in [-0.39, 0.29) is 18.3 Å². The molecule has 3 atom stereocenters. The molecule has 138 valence electrons. The summed E-state index contributed by atoms with van der Waals surface area (Å²) in [7, 11) is 0. The second-order valence-electron chi connectivity index (χ2n) is 7.71. The quantitative estimate of drug-likeness (QED) is 0.401. The lowest BCUT2D eigenvalue weighted by Gasteiger charge is -2.40. The van der Waals surface area contributed by atoms with Crippen molar-refractivity contribution in [3.8, 4) is 0 Å². The predicted octanol–water partition coefficient (Wildman–Crippen LogP) is 5.04. The van der Waals surface area contributed by atoms with Crippen LogP contribution in [0.4, 0.5) is 26.3 Å². The molecule has 2 aliphatic rings. The van der Waals surface area contributed by atoms with Gasteiger partial charge in [0.25, 0.3) is 0 Å². The van der Waals surface area contributed by atoms with E-state index in [1.165, 1.54) is 20.8 Å². The summed E-state index contributed by atoms with van der Waals surface area (Å²) in [4.78, 5) is 11.9. The van der Waals surface area contributed by atoms with Crippen molar-refractivity contribution in [1.82, 2.24) is 0 Å². The monoisotopic (exact) mass is 358 g/mol. The molecule has 0 aliphatic heterocycles. The summed E-state index contributed by atoms with van der Waals surface area (Å²) in [6.07, 6.45) is -8.46. The second kappa shape index (κ2) is 5.66. The smallest absolute Gasteiger partial charge is 0.437 e. The van der Waals surface area contributed by atoms with Crippen LogP contribution in [-0.4, -0.2) is 23.9 Å². The molecule has 0 saturated heterocycles. The Kier molecular flexibility index (Phi) is 4.51. The van der Waals surface area contributed by atoms with Gasteiger partial charge in [0.1, 0.15) is 0 Å². The van der Waals surface area contributed by atoms with Gasteiger partial charge in [0.2, 0.25) is 0 Å². The number of carbonyl (C=O) groups is 1. The highest BCUT2D eigenvalue weighted by atomic mass is 19.4. The fourth-order valence-electron chi connectivity index (χ4n) is 3.36. The average Bonchev–Trinajstić information content (AvgIpc) is 2.95. The lowest BCUT2D eigenvalue weighted by molar-refractivity contribution is -0.376. The molecule has 0 aromatic rings. The molecule has 0 N–H and O–H groups in total. The highest BCUT2D eigenvalue weighted by Crippen LogP contribution is 2.55. The highest BCUT2D eigenvalue weighted by Gasteiger charge is 2.75. The molecule has 24 heavy (non-hydrogen) atoms. The van der Waals surface area contributed by atoms with E-state index in [1.807, 2.05) is 6.08 Å². The van der Waals surface area contributed by atoms with Crippen molar-refractivity contribution in [2.24, 2.45) is 23.2 Å². The molecular weight excluding hydrogens is 338 g/mol. The maximum absolute atomic E-state index is 13.5. The predicted molar refractivity (Wildman–Crippen MR) is 73.8 cm³/mol. The summed E-state index contributed by atoms with van der Waals surface area (Å²) in [6, 6.07) is 0. The Bertz CT molecular complexity index is 512. The van der Waals surface area contributed by atoms with Gasteiger partial charge in [0.05, 0.1) is 5.41 Å². The summed E-state index contributed by atoms with van der Waals surface area (Å²) in [5.41, 5.74) is -5.94. The number of alkyl halides is 6. The Balaban J connectivity index is 2.39. The van der Waals surface area contributed by atoms with Gasteiger partial charge in [-0.2, -0.15) is 26.3 Å². The molecule has 1 saturated carbocycles. The van der Waals surface area contributed by atoms with Crippen LogP contribution < -0.4 is 0 Å². The van der Waals surface area contributed by atoms with Gasteiger partial charge in [-0.3, -0.25) is 4.79 Å². The zero-order valence-corrected chi connectivity index (χ0v) is 13.6. The van der Waals surface area contributed by atoms with Crippen LogP contribution >= 0.6 is 0 Å². The number of allylic oxidation sites excluding steroid dienone is 2. The van der Waals surface area contributed by atoms with E-state index in [1.54, 1.807) is 6.08 Å². The fourth-order valence-corrected chi connectivity index (χ4v) is 3.36. The molecule has 0 spiro atoms. The van der Waals surface area contributed by atoms with E-state index in [0.717, 1.165) is 0 Å². The molecule has 1 fully saturated rings. The minimum absolute atomic E-state index is 0.0116. The van der Waals surface area contributed by atoms with E-state index >= 15 is 0 Å². The maximum atomic E-state index is 13.5. The standard InChI is InChI=1S/C16H20F6O2/c1-13(2,3)12(23)24-14(15(17,18)19,16(20,21)22)8-11-7-9-4-5-10(11)6-9/h4-5,9-11H,6-8H2,1-3H3. The number of halogens is 6. The third-order valence-corrected chi connectivity index (χ3v) is 4.76. The third kappa shape index (κ3) is 3.28. The van der Waals surface area contributed by atoms with Crippen molar-refractivity contribution in [3.63, 3.8) is 0 Å². The average molecular weight is 358 g/mol. The molecular formula is C16H20F6O2. The zero-order valence-electron chi connectivity index (χ0n) is 13.6. The minimum atomic E-state index is -5.74. The molecule has 0 amide bonds. The van der Waals surface area contributed by atoms with Gasteiger partial charge in [-0.15, -0.1) is 0 Å². The van der Waals surface area contributed by atoms with Crippen LogP contribution in [0.2, 0.25) is 0 Å². The van der Waals surface area contributed by atoms with Gasteiger partial charge in [-0.1, -0.05) is 12.2 Å². The first kappa shape index (κ1) is 19.1. The first-order valence-electron chi connectivity index (χ1n) is 7.72. The summed E-state index contributed by atoms with van der Waals surface area (Å²) in [6.45, 7) is 3.65. The molecule has 2 aliphatic carbocycles. The number of hydrogen-bond donors (Lipinski definition) is 0. The van der Waals surface area contributed by atoms with Crippen molar-refractivity contribution >= 4 is 5.97 Å². The van der Waals surface area contributed by atoms with Gasteiger partial charge in [0.15, 0.2) is 0 Å². The molecule has 8 heteroatoms. The summed E-state index contributed by atoms with van der Waals surface area (Å²) in [5.74, 6) is -2.64. The second-order valence-corrected chi connectivity index (χ2v) is 7.71. The van der Waals surface area contributed by atoms with Crippen LogP contribution in [0.3, 0.4) is 0 Å². The number of fused-ring (bicyclic) bond motifs is 2. The fraction of sp³-hybridized carbons (Fsp3) is 0.812. The Hall–Kier alpha value is -1.21. The first-order valence-corrected chi connectivity index (χ1v) is 7.72. The van der Waals surface area contributed by atoms with Crippen LogP contribution in [0.1, 0.15) is 40.0 Å². The van der Waals surface area contributed by atoms with Crippen molar-refractivity contribution in [1.29, 1.82) is 0 Å². The Morgan fingerprint density at radius 1 is 1.00 bits per heavy atom. The summed E-state index contributed by atoms with van der Waals surface area (Å²) >= 11 is 0. The van der Waals surface area contributed by atoms with Crippen molar-refractivity contribution in [2.45, 2.75) is 58.0 Å². The largest absolute Gasteiger partial charge is 0.439 e. The minimum Gasteiger partial charge on any atom is -0.439 e. The SMILES string of the molecule is CC(C)(C)C(=O)OC(CC1CC2C=CC1C2)(C(F)(F)F)C(F)(F)F. The molecule has 2 bridgehead atoms. The normalized spacial score (nSPS) is 27.6. The highest BCUT2D eigenvalue weighted by molar-refractivity contribution is 5.76. The van der Waals surface area contributed by atoms with E-state index in [9.17, 15) is 31.1 Å². The zero-order chi connectivity index (χ0) is 18.6. The van der Waals surface area contributed by atoms with Gasteiger partial charge in [-0.25, -0.2) is 0 Å². The Morgan fingerprint density at radius 2 is 1.54 bits per heavy atom. The lowest BCUT2D eigenvalue weighted by Crippen LogP contribution is -2.61. The van der Waals surface area contributed by atoms with Gasteiger partial charge >= 0.3 is 23.9 Å². The van der Waals surface area contributed by atoms with Crippen molar-refractivity contribution in [3.05, 3.63) is 12.2 Å². The van der Waals surface area contributed by atoms with Crippen LogP contribution in [0.25, 0.3) is 0 Å². The van der Waals surface area contributed by atoms with E-state index in [2.05, 4.69) is 4.74 Å². The summed E-state index contributed by atoms with van der Waals surface area (Å²) in [5, 5.41) is 0. The molecule has 0 radical (unpaired) electrons. The number of ether oxygens (including phenoxy) is 1. The lowest BCUT2D eigenvalue weighted by atomic mass is 9.81. The Morgan fingerprint density at radius 3 is 1.88 bits per heavy atom. The number of esters is 1. The van der Waals surface area contributed by atoms with E-state index < -0.39 is 41.7 Å². The molecule has 2 nitrogen and oxygen atoms in total. The first-order chi connectivity index (χ1) is 10.7. The number of hydrogen-bond acceptors (Lipinski definition) is 2. The number of carbonyl (C=O) groups excluding carboxylic acids is 1. The van der Waals surface area contributed by atoms with E-state index in [4.69, 9.17) is 0 Å². The van der Waals surface area contributed by atoms with Crippen LogP contribution in [0.5, 0.6) is 0 Å². The molecule has 3 unspecified atom stereocenters. The van der Waals surface area contributed by atoms with Gasteiger partial charge in [-0.05, 0) is 51.4 Å². The van der Waals surface area contributed by atoms with Gasteiger partial charge in [0, 0.05) is 6.42 Å². The molecule has 0 aromatic carbocycles. The molecule has 2 rings (SSSR count). The van der Waals surface area contributed by atoms with Crippen LogP contribution in [-0.2, 0) is 9.53 Å². The Labute approximate surface area is 136 Å². The van der Waals surface area contributed by atoms with Gasteiger partial charge < -0.3 is 4.74 Å². The van der Waals surface area contributed by atoms with E-state index in [0.29, 0.717) is 6.42 Å². The van der Waals surface area contributed by atoms with Crippen LogP contribution in [0, 0.1) is 23.2 Å². The third-order valence-electron chi connectivity index (χ3n) is 4.76. The van der Waals surface area contributed by atoms with Crippen LogP contribution in [0.15, 0.2) is 12.2 Å². The molecule has 0 aromatic heterocycles. The van der Waals surface area contributed by atoms with Crippen molar-refractivity contribution in [2.75, 3.05) is 0 Å². The van der Waals surface area contributed by atoms with Crippen molar-refractivity contribution < 1.29 is 35.9 Å². The molecule has 0 heterocycles. The number of rotatable bonds is 3.